The fourth-order valence-electron chi connectivity index (χ4n) is 1.95. The van der Waals surface area contributed by atoms with Crippen LogP contribution in [0.25, 0.3) is 0 Å². The van der Waals surface area contributed by atoms with Gasteiger partial charge < -0.3 is 4.74 Å². The van der Waals surface area contributed by atoms with Crippen LogP contribution >= 0.6 is 0 Å². The first-order valence-electron chi connectivity index (χ1n) is 6.99. The maximum Gasteiger partial charge on any atom is 0.0784 e. The summed E-state index contributed by atoms with van der Waals surface area (Å²) >= 11 is 0. The Morgan fingerprint density at radius 1 is 1.00 bits per heavy atom. The van der Waals surface area contributed by atoms with E-state index in [4.69, 9.17) is 4.74 Å². The Kier molecular flexibility index (Phi) is 12.2. The molecule has 0 aromatic carbocycles. The van der Waals surface area contributed by atoms with Gasteiger partial charge in [0.2, 0.25) is 0 Å². The number of rotatable bonds is 11. The zero-order valence-corrected chi connectivity index (χ0v) is 11.5. The number of methoxy groups -OCH3 is 1. The molecule has 0 heterocycles. The van der Waals surface area contributed by atoms with Gasteiger partial charge in [0.15, 0.2) is 0 Å². The lowest BCUT2D eigenvalue weighted by Crippen LogP contribution is -1.92. The van der Waals surface area contributed by atoms with Crippen LogP contribution in [-0.4, -0.2) is 7.11 Å². The molecule has 0 spiro atoms. The lowest BCUT2D eigenvalue weighted by atomic mass is 9.99. The third-order valence-corrected chi connectivity index (χ3v) is 3.07. The molecule has 1 nitrogen and oxygen atoms in total. The number of hydrogen-bond donors (Lipinski definition) is 0. The molecule has 0 rings (SSSR count). The maximum absolute atomic E-state index is 4.89. The van der Waals surface area contributed by atoms with Crippen LogP contribution in [0, 0.1) is 5.92 Å². The van der Waals surface area contributed by atoms with Gasteiger partial charge in [-0.05, 0) is 18.4 Å². The molecule has 0 N–H and O–H groups in total. The lowest BCUT2D eigenvalue weighted by molar-refractivity contribution is 0.334. The second-order valence-corrected chi connectivity index (χ2v) is 4.86. The van der Waals surface area contributed by atoms with Crippen molar-refractivity contribution in [3.05, 3.63) is 12.3 Å². The second-order valence-electron chi connectivity index (χ2n) is 4.86. The van der Waals surface area contributed by atoms with E-state index in [-0.39, 0.29) is 0 Å². The van der Waals surface area contributed by atoms with Gasteiger partial charge in [0.25, 0.3) is 0 Å². The highest BCUT2D eigenvalue weighted by Gasteiger charge is 1.99. The SMILES string of the molecule is CCCCCCCCCC(C)C/C=C/OC. The summed E-state index contributed by atoms with van der Waals surface area (Å²) in [6.07, 6.45) is 16.3. The summed E-state index contributed by atoms with van der Waals surface area (Å²) in [6.45, 7) is 4.60. The molecule has 0 bridgehead atoms. The molecule has 16 heavy (non-hydrogen) atoms. The van der Waals surface area contributed by atoms with E-state index >= 15 is 0 Å². The van der Waals surface area contributed by atoms with Crippen molar-refractivity contribution in [3.8, 4) is 0 Å². The average molecular weight is 226 g/mol. The van der Waals surface area contributed by atoms with Gasteiger partial charge in [-0.25, -0.2) is 0 Å². The van der Waals surface area contributed by atoms with E-state index in [1.54, 1.807) is 13.4 Å². The van der Waals surface area contributed by atoms with Crippen LogP contribution in [0.4, 0.5) is 0 Å². The van der Waals surface area contributed by atoms with Crippen molar-refractivity contribution >= 4 is 0 Å². The minimum atomic E-state index is 0.807. The summed E-state index contributed by atoms with van der Waals surface area (Å²) in [5.74, 6) is 0.807. The molecule has 0 aliphatic heterocycles. The van der Waals surface area contributed by atoms with Gasteiger partial charge in [0.05, 0.1) is 13.4 Å². The largest absolute Gasteiger partial charge is 0.505 e. The van der Waals surface area contributed by atoms with Crippen molar-refractivity contribution in [1.82, 2.24) is 0 Å². The molecule has 0 aliphatic carbocycles. The fourth-order valence-corrected chi connectivity index (χ4v) is 1.95. The predicted molar refractivity (Wildman–Crippen MR) is 72.5 cm³/mol. The zero-order chi connectivity index (χ0) is 12.1. The van der Waals surface area contributed by atoms with E-state index in [1.165, 1.54) is 51.4 Å². The third kappa shape index (κ3) is 11.6. The molecule has 0 aliphatic rings. The Morgan fingerprint density at radius 2 is 1.62 bits per heavy atom. The molecule has 1 heteroatoms. The van der Waals surface area contributed by atoms with Crippen LogP contribution in [0.15, 0.2) is 12.3 Å². The van der Waals surface area contributed by atoms with E-state index < -0.39 is 0 Å². The summed E-state index contributed by atoms with van der Waals surface area (Å²) < 4.78 is 4.89. The van der Waals surface area contributed by atoms with Crippen LogP contribution in [-0.2, 0) is 4.74 Å². The Morgan fingerprint density at radius 3 is 2.25 bits per heavy atom. The summed E-state index contributed by atoms with van der Waals surface area (Å²) in [5, 5.41) is 0. The standard InChI is InChI=1S/C15H30O/c1-4-5-6-7-8-9-10-12-15(2)13-11-14-16-3/h11,14-15H,4-10,12-13H2,1-3H3/b14-11+. The van der Waals surface area contributed by atoms with E-state index in [2.05, 4.69) is 19.9 Å². The first-order valence-corrected chi connectivity index (χ1v) is 6.99. The molecule has 0 saturated carbocycles. The van der Waals surface area contributed by atoms with Gasteiger partial charge in [-0.1, -0.05) is 65.2 Å². The van der Waals surface area contributed by atoms with E-state index in [0.29, 0.717) is 0 Å². The zero-order valence-electron chi connectivity index (χ0n) is 11.5. The normalized spacial score (nSPS) is 13.2. The summed E-state index contributed by atoms with van der Waals surface area (Å²) in [6, 6.07) is 0. The highest BCUT2D eigenvalue weighted by atomic mass is 16.5. The smallest absolute Gasteiger partial charge is 0.0784 e. The van der Waals surface area contributed by atoms with Crippen LogP contribution in [0.1, 0.15) is 71.6 Å². The first kappa shape index (κ1) is 15.5. The first-order chi connectivity index (χ1) is 7.81. The van der Waals surface area contributed by atoms with Crippen molar-refractivity contribution in [1.29, 1.82) is 0 Å². The van der Waals surface area contributed by atoms with Gasteiger partial charge in [-0.2, -0.15) is 0 Å². The molecular formula is C15H30O. The average Bonchev–Trinajstić information content (AvgIpc) is 2.28. The predicted octanol–water partition coefficient (Wildman–Crippen LogP) is 5.31. The number of ether oxygens (including phenoxy) is 1. The van der Waals surface area contributed by atoms with Crippen molar-refractivity contribution in [2.45, 2.75) is 71.6 Å². The molecule has 0 aromatic rings. The Labute approximate surface area is 102 Å². The Bertz CT molecular complexity index is 152. The van der Waals surface area contributed by atoms with E-state index in [0.717, 1.165) is 12.3 Å². The molecule has 0 saturated heterocycles. The summed E-state index contributed by atoms with van der Waals surface area (Å²) in [4.78, 5) is 0. The topological polar surface area (TPSA) is 9.23 Å². The number of unbranched alkanes of at least 4 members (excludes halogenated alkanes) is 6. The van der Waals surface area contributed by atoms with Crippen molar-refractivity contribution in [3.63, 3.8) is 0 Å². The van der Waals surface area contributed by atoms with Gasteiger partial charge >= 0.3 is 0 Å². The molecular weight excluding hydrogens is 196 g/mol. The molecule has 0 radical (unpaired) electrons. The number of hydrogen-bond acceptors (Lipinski definition) is 1. The molecule has 1 atom stereocenters. The maximum atomic E-state index is 4.89. The second kappa shape index (κ2) is 12.6. The van der Waals surface area contributed by atoms with Gasteiger partial charge in [-0.15, -0.1) is 0 Å². The monoisotopic (exact) mass is 226 g/mol. The third-order valence-electron chi connectivity index (χ3n) is 3.07. The minimum Gasteiger partial charge on any atom is -0.505 e. The van der Waals surface area contributed by atoms with Gasteiger partial charge in [0.1, 0.15) is 0 Å². The lowest BCUT2D eigenvalue weighted by Gasteiger charge is -2.08. The minimum absolute atomic E-state index is 0.807. The van der Waals surface area contributed by atoms with Crippen molar-refractivity contribution < 1.29 is 4.74 Å². The highest BCUT2D eigenvalue weighted by Crippen LogP contribution is 2.15. The van der Waals surface area contributed by atoms with E-state index in [9.17, 15) is 0 Å². The molecule has 96 valence electrons. The van der Waals surface area contributed by atoms with Crippen LogP contribution in [0.2, 0.25) is 0 Å². The molecule has 0 fully saturated rings. The Balaban J connectivity index is 3.15. The highest BCUT2D eigenvalue weighted by molar-refractivity contribution is 4.75. The van der Waals surface area contributed by atoms with Crippen LogP contribution < -0.4 is 0 Å². The summed E-state index contributed by atoms with van der Waals surface area (Å²) in [5.41, 5.74) is 0. The van der Waals surface area contributed by atoms with Crippen molar-refractivity contribution in [2.24, 2.45) is 5.92 Å². The van der Waals surface area contributed by atoms with Gasteiger partial charge in [0, 0.05) is 0 Å². The fraction of sp³-hybridized carbons (Fsp3) is 0.867. The molecule has 1 unspecified atom stereocenters. The van der Waals surface area contributed by atoms with Crippen molar-refractivity contribution in [2.75, 3.05) is 7.11 Å². The van der Waals surface area contributed by atoms with Crippen LogP contribution in [0.3, 0.4) is 0 Å². The number of allylic oxidation sites excluding steroid dienone is 1. The quantitative estimate of drug-likeness (QED) is 0.342. The molecule has 0 aromatic heterocycles. The Hall–Kier alpha value is -0.460. The van der Waals surface area contributed by atoms with E-state index in [1.807, 2.05) is 0 Å². The van der Waals surface area contributed by atoms with Gasteiger partial charge in [-0.3, -0.25) is 0 Å². The molecule has 0 amide bonds. The summed E-state index contributed by atoms with van der Waals surface area (Å²) in [7, 11) is 1.71. The van der Waals surface area contributed by atoms with Crippen LogP contribution in [0.5, 0.6) is 0 Å².